The average molecular weight is 760 g/mol. The van der Waals surface area contributed by atoms with Crippen molar-refractivity contribution in [2.45, 2.75) is 63.9 Å². The number of hydrogen-bond donors (Lipinski definition) is 4. The Balaban J connectivity index is 2.30. The van der Waals surface area contributed by atoms with Crippen molar-refractivity contribution < 1.29 is 38.2 Å². The standard InChI is InChI=1S/C30H42IN5O8S/c1-17(2)24(32)29(41)44-30(4,16-31)25(37)20(12-19-10-8-7-9-11-19)34-26(38)21(14-42-5)35-27(39)22(15-43-6)36-28(40)23-13-33-18(3)45-23/h7-11,13,17,20-22,24H,12,14-16,32H2,1-6H3,(H,34,38)(H,35,39)(H,36,40)/t20-,21-,22-,24?,30?/m0/s1. The molecule has 45 heavy (non-hydrogen) atoms. The van der Waals surface area contributed by atoms with Gasteiger partial charge in [-0.15, -0.1) is 11.3 Å². The molecule has 3 amide bonds. The van der Waals surface area contributed by atoms with Crippen LogP contribution in [0, 0.1) is 12.8 Å². The second-order valence-electron chi connectivity index (χ2n) is 10.9. The molecular weight excluding hydrogens is 717 g/mol. The summed E-state index contributed by atoms with van der Waals surface area (Å²) in [5.74, 6) is -3.45. The molecule has 0 bridgehead atoms. The Morgan fingerprint density at radius 3 is 2.00 bits per heavy atom. The minimum absolute atomic E-state index is 0.0791. The third-order valence-electron chi connectivity index (χ3n) is 6.77. The second-order valence-corrected chi connectivity index (χ2v) is 12.9. The minimum Gasteiger partial charge on any atom is -0.449 e. The van der Waals surface area contributed by atoms with E-state index in [2.05, 4.69) is 20.9 Å². The van der Waals surface area contributed by atoms with Gasteiger partial charge in [-0.05, 0) is 31.7 Å². The summed E-state index contributed by atoms with van der Waals surface area (Å²) in [7, 11) is 2.72. The average Bonchev–Trinajstić information content (AvgIpc) is 3.45. The molecule has 0 saturated heterocycles. The van der Waals surface area contributed by atoms with Gasteiger partial charge in [-0.1, -0.05) is 66.8 Å². The molecule has 2 rings (SSSR count). The third kappa shape index (κ3) is 11.4. The quantitative estimate of drug-likeness (QED) is 0.0982. The van der Waals surface area contributed by atoms with Crippen molar-refractivity contribution in [2.75, 3.05) is 31.9 Å². The van der Waals surface area contributed by atoms with Crippen LogP contribution >= 0.6 is 33.9 Å². The predicted molar refractivity (Wildman–Crippen MR) is 177 cm³/mol. The summed E-state index contributed by atoms with van der Waals surface area (Å²) in [6.45, 7) is 6.34. The number of amides is 3. The number of esters is 1. The number of hydrogen-bond acceptors (Lipinski definition) is 11. The van der Waals surface area contributed by atoms with E-state index in [1.807, 2.05) is 28.7 Å². The Morgan fingerprint density at radius 2 is 1.51 bits per heavy atom. The van der Waals surface area contributed by atoms with Crippen molar-refractivity contribution in [1.82, 2.24) is 20.9 Å². The van der Waals surface area contributed by atoms with E-state index >= 15 is 0 Å². The number of nitrogens with two attached hydrogens (primary N) is 1. The van der Waals surface area contributed by atoms with Gasteiger partial charge in [-0.2, -0.15) is 0 Å². The summed E-state index contributed by atoms with van der Waals surface area (Å²) in [5, 5.41) is 8.59. The zero-order valence-corrected chi connectivity index (χ0v) is 29.2. The first-order valence-electron chi connectivity index (χ1n) is 14.2. The number of thiazole rings is 1. The highest BCUT2D eigenvalue weighted by molar-refractivity contribution is 14.1. The number of carbonyl (C=O) groups excluding carboxylic acids is 5. The Bertz CT molecular complexity index is 1310. The third-order valence-corrected chi connectivity index (χ3v) is 9.14. The number of alkyl halides is 1. The van der Waals surface area contributed by atoms with Crippen molar-refractivity contribution in [2.24, 2.45) is 11.7 Å². The molecule has 5 N–H and O–H groups in total. The molecule has 15 heteroatoms. The Labute approximate surface area is 280 Å². The second kappa shape index (κ2) is 18.2. The zero-order valence-electron chi connectivity index (χ0n) is 26.3. The van der Waals surface area contributed by atoms with Crippen LogP contribution in [0.15, 0.2) is 36.5 Å². The fourth-order valence-corrected chi connectivity index (χ4v) is 5.29. The van der Waals surface area contributed by atoms with E-state index in [1.54, 1.807) is 45.0 Å². The van der Waals surface area contributed by atoms with Gasteiger partial charge >= 0.3 is 5.97 Å². The Hall–Kier alpha value is -2.99. The number of methoxy groups -OCH3 is 2. The molecule has 0 aliphatic rings. The molecule has 0 spiro atoms. The van der Waals surface area contributed by atoms with Gasteiger partial charge < -0.3 is 35.9 Å². The molecule has 0 fully saturated rings. The first-order chi connectivity index (χ1) is 21.3. The number of rotatable bonds is 18. The molecule has 5 atom stereocenters. The zero-order chi connectivity index (χ0) is 33.7. The number of benzene rings is 1. The van der Waals surface area contributed by atoms with Crippen molar-refractivity contribution >= 4 is 63.4 Å². The summed E-state index contributed by atoms with van der Waals surface area (Å²) in [5.41, 5.74) is 5.11. The van der Waals surface area contributed by atoms with Crippen molar-refractivity contribution in [1.29, 1.82) is 0 Å². The number of carbonyl (C=O) groups is 5. The van der Waals surface area contributed by atoms with Gasteiger partial charge in [0.25, 0.3) is 5.91 Å². The monoisotopic (exact) mass is 759 g/mol. The van der Waals surface area contributed by atoms with E-state index in [4.69, 9.17) is 19.9 Å². The lowest BCUT2D eigenvalue weighted by Gasteiger charge is -2.32. The Morgan fingerprint density at radius 1 is 0.956 bits per heavy atom. The topological polar surface area (TPSA) is 188 Å². The van der Waals surface area contributed by atoms with Crippen LogP contribution in [0.2, 0.25) is 0 Å². The molecule has 0 saturated carbocycles. The SMILES string of the molecule is COC[C@H](NC(=O)c1cnc(C)s1)C(=O)N[C@@H](COC)C(=O)N[C@@H](Cc1ccccc1)C(=O)C(C)(CI)OC(=O)C(N)C(C)C. The molecular formula is C30H42IN5O8S. The summed E-state index contributed by atoms with van der Waals surface area (Å²) in [6, 6.07) is 4.51. The fraction of sp³-hybridized carbons (Fsp3) is 0.533. The highest BCUT2D eigenvalue weighted by Gasteiger charge is 2.43. The molecule has 0 aliphatic heterocycles. The van der Waals surface area contributed by atoms with Crippen molar-refractivity contribution in [3.8, 4) is 0 Å². The number of aromatic nitrogens is 1. The summed E-state index contributed by atoms with van der Waals surface area (Å²) >= 11 is 3.11. The van der Waals surface area contributed by atoms with E-state index in [-0.39, 0.29) is 30.0 Å². The first-order valence-corrected chi connectivity index (χ1v) is 16.5. The maximum atomic E-state index is 14.0. The van der Waals surface area contributed by atoms with E-state index in [0.717, 1.165) is 16.9 Å². The first kappa shape index (κ1) is 38.2. The highest BCUT2D eigenvalue weighted by Crippen LogP contribution is 2.22. The molecule has 0 aliphatic carbocycles. The van der Waals surface area contributed by atoms with Crippen LogP contribution in [0.4, 0.5) is 0 Å². The molecule has 2 unspecified atom stereocenters. The molecule has 2 aromatic rings. The molecule has 1 aromatic heterocycles. The van der Waals surface area contributed by atoms with Crippen LogP contribution in [0.5, 0.6) is 0 Å². The van der Waals surface area contributed by atoms with Crippen LogP contribution in [0.3, 0.4) is 0 Å². The molecule has 13 nitrogen and oxygen atoms in total. The van der Waals surface area contributed by atoms with Gasteiger partial charge in [0, 0.05) is 18.6 Å². The number of Topliss-reactive ketones (excluding diaryl/α,β-unsaturated/α-hetero) is 1. The Kier molecular flexibility index (Phi) is 15.5. The van der Waals surface area contributed by atoms with Gasteiger partial charge in [-0.25, -0.2) is 4.98 Å². The van der Waals surface area contributed by atoms with Gasteiger partial charge in [0.1, 0.15) is 23.0 Å². The van der Waals surface area contributed by atoms with Crippen molar-refractivity contribution in [3.05, 3.63) is 52.0 Å². The van der Waals surface area contributed by atoms with Crippen LogP contribution in [-0.4, -0.2) is 96.1 Å². The maximum absolute atomic E-state index is 14.0. The van der Waals surface area contributed by atoms with E-state index in [1.165, 1.54) is 27.3 Å². The van der Waals surface area contributed by atoms with Gasteiger partial charge in [0.2, 0.25) is 11.8 Å². The lowest BCUT2D eigenvalue weighted by molar-refractivity contribution is -0.166. The van der Waals surface area contributed by atoms with Crippen LogP contribution in [-0.2, 0) is 39.8 Å². The maximum Gasteiger partial charge on any atom is 0.324 e. The van der Waals surface area contributed by atoms with E-state index in [0.29, 0.717) is 9.88 Å². The lowest BCUT2D eigenvalue weighted by atomic mass is 9.91. The minimum atomic E-state index is -1.61. The highest BCUT2D eigenvalue weighted by atomic mass is 127. The fourth-order valence-electron chi connectivity index (χ4n) is 4.07. The number of nitrogens with one attached hydrogen (secondary N) is 3. The number of nitrogens with zero attached hydrogens (tertiary/aromatic N) is 1. The number of ketones is 1. The lowest BCUT2D eigenvalue weighted by Crippen LogP contribution is -2.60. The van der Waals surface area contributed by atoms with Gasteiger partial charge in [0.15, 0.2) is 11.4 Å². The van der Waals surface area contributed by atoms with Crippen LogP contribution in [0.1, 0.15) is 41.0 Å². The molecule has 248 valence electrons. The predicted octanol–water partition coefficient (Wildman–Crippen LogP) is 1.34. The largest absolute Gasteiger partial charge is 0.449 e. The number of halogens is 1. The van der Waals surface area contributed by atoms with Crippen LogP contribution < -0.4 is 21.7 Å². The van der Waals surface area contributed by atoms with Gasteiger partial charge in [0.05, 0.1) is 30.5 Å². The number of aryl methyl sites for hydroxylation is 1. The normalized spacial score (nSPS) is 15.2. The number of ether oxygens (including phenoxy) is 3. The van der Waals surface area contributed by atoms with E-state index < -0.39 is 59.2 Å². The summed E-state index contributed by atoms with van der Waals surface area (Å²) in [6.07, 6.45) is 1.48. The molecule has 1 heterocycles. The van der Waals surface area contributed by atoms with Crippen LogP contribution in [0.25, 0.3) is 0 Å². The molecule has 0 radical (unpaired) electrons. The van der Waals surface area contributed by atoms with E-state index in [9.17, 15) is 24.0 Å². The molecule has 1 aromatic carbocycles. The summed E-state index contributed by atoms with van der Waals surface area (Å²) in [4.78, 5) is 70.7. The van der Waals surface area contributed by atoms with Crippen molar-refractivity contribution in [3.63, 3.8) is 0 Å². The summed E-state index contributed by atoms with van der Waals surface area (Å²) < 4.78 is 16.1. The van der Waals surface area contributed by atoms with Gasteiger partial charge in [-0.3, -0.25) is 24.0 Å². The smallest absolute Gasteiger partial charge is 0.324 e.